The molecule has 2 aromatic rings. The second kappa shape index (κ2) is 7.91. The molecule has 1 N–H and O–H groups in total. The predicted octanol–water partition coefficient (Wildman–Crippen LogP) is 3.57. The average Bonchev–Trinajstić information content (AvgIpc) is 2.49. The van der Waals surface area contributed by atoms with Gasteiger partial charge < -0.3 is 5.32 Å². The molecule has 2 nitrogen and oxygen atoms in total. The Morgan fingerprint density at radius 2 is 1.62 bits per heavy atom. The first-order chi connectivity index (χ1) is 10.2. The zero-order valence-electron chi connectivity index (χ0n) is 12.8. The fraction of sp³-hybridized carbons (Fsp3) is 0.333. The van der Waals surface area contributed by atoms with Gasteiger partial charge in [-0.05, 0) is 42.4 Å². The Labute approximate surface area is 126 Å². The molecule has 0 atom stereocenters. The van der Waals surface area contributed by atoms with Crippen molar-refractivity contribution in [1.29, 1.82) is 0 Å². The number of nitrogens with zero attached hydrogens (tertiary/aromatic N) is 1. The van der Waals surface area contributed by atoms with Gasteiger partial charge in [0, 0.05) is 19.6 Å². The first-order valence-electron chi connectivity index (χ1n) is 7.39. The molecule has 0 saturated heterocycles. The highest BCUT2D eigenvalue weighted by Gasteiger charge is 2.06. The van der Waals surface area contributed by atoms with Gasteiger partial charge in [-0.25, -0.2) is 4.39 Å². The molecule has 0 radical (unpaired) electrons. The van der Waals surface area contributed by atoms with Crippen LogP contribution in [0.25, 0.3) is 0 Å². The topological polar surface area (TPSA) is 15.3 Å². The minimum atomic E-state index is -0.183. The third kappa shape index (κ3) is 4.96. The largest absolute Gasteiger partial charge is 0.313 e. The van der Waals surface area contributed by atoms with Crippen LogP contribution in [-0.2, 0) is 19.6 Å². The van der Waals surface area contributed by atoms with E-state index in [1.165, 1.54) is 23.3 Å². The van der Waals surface area contributed by atoms with Crippen LogP contribution in [0.5, 0.6) is 0 Å². The van der Waals surface area contributed by atoms with E-state index in [4.69, 9.17) is 0 Å². The molecule has 0 bridgehead atoms. The standard InChI is InChI=1S/C18H23FN2/c1-3-20-12-16-6-4-5-7-17(16)14-21(2)13-15-8-10-18(19)11-9-15/h4-11,20H,3,12-14H2,1-2H3. The van der Waals surface area contributed by atoms with Gasteiger partial charge in [-0.3, -0.25) is 4.90 Å². The van der Waals surface area contributed by atoms with Crippen molar-refractivity contribution in [2.45, 2.75) is 26.6 Å². The van der Waals surface area contributed by atoms with Gasteiger partial charge in [-0.1, -0.05) is 43.3 Å². The van der Waals surface area contributed by atoms with E-state index in [1.807, 2.05) is 12.1 Å². The number of benzene rings is 2. The average molecular weight is 286 g/mol. The summed E-state index contributed by atoms with van der Waals surface area (Å²) in [6.45, 7) is 5.69. The first kappa shape index (κ1) is 15.7. The number of rotatable bonds is 7. The van der Waals surface area contributed by atoms with E-state index < -0.39 is 0 Å². The van der Waals surface area contributed by atoms with Gasteiger partial charge in [0.15, 0.2) is 0 Å². The van der Waals surface area contributed by atoms with Gasteiger partial charge in [0.1, 0.15) is 5.82 Å². The third-order valence-electron chi connectivity index (χ3n) is 3.49. The van der Waals surface area contributed by atoms with Crippen molar-refractivity contribution in [1.82, 2.24) is 10.2 Å². The van der Waals surface area contributed by atoms with Gasteiger partial charge in [-0.2, -0.15) is 0 Å². The van der Waals surface area contributed by atoms with Gasteiger partial charge in [-0.15, -0.1) is 0 Å². The molecular weight excluding hydrogens is 263 g/mol. The highest BCUT2D eigenvalue weighted by Crippen LogP contribution is 2.13. The SMILES string of the molecule is CCNCc1ccccc1CN(C)Cc1ccc(F)cc1. The Hall–Kier alpha value is -1.71. The van der Waals surface area contributed by atoms with Gasteiger partial charge in [0.25, 0.3) is 0 Å². The minimum Gasteiger partial charge on any atom is -0.313 e. The predicted molar refractivity (Wildman–Crippen MR) is 85.4 cm³/mol. The van der Waals surface area contributed by atoms with Crippen LogP contribution < -0.4 is 5.32 Å². The Morgan fingerprint density at radius 3 is 2.29 bits per heavy atom. The first-order valence-corrected chi connectivity index (χ1v) is 7.39. The molecule has 2 aromatic carbocycles. The highest BCUT2D eigenvalue weighted by atomic mass is 19.1. The fourth-order valence-corrected chi connectivity index (χ4v) is 2.39. The number of nitrogens with one attached hydrogen (secondary N) is 1. The lowest BCUT2D eigenvalue weighted by molar-refractivity contribution is 0.317. The summed E-state index contributed by atoms with van der Waals surface area (Å²) in [6.07, 6.45) is 0. The van der Waals surface area contributed by atoms with Crippen molar-refractivity contribution >= 4 is 0 Å². The Morgan fingerprint density at radius 1 is 0.952 bits per heavy atom. The monoisotopic (exact) mass is 286 g/mol. The molecule has 3 heteroatoms. The van der Waals surface area contributed by atoms with Crippen molar-refractivity contribution in [3.63, 3.8) is 0 Å². The molecule has 0 aliphatic carbocycles. The van der Waals surface area contributed by atoms with E-state index in [1.54, 1.807) is 0 Å². The number of halogens is 1. The molecule has 0 amide bonds. The van der Waals surface area contributed by atoms with E-state index in [2.05, 4.69) is 48.5 Å². The minimum absolute atomic E-state index is 0.183. The lowest BCUT2D eigenvalue weighted by Crippen LogP contribution is -2.20. The molecule has 0 heterocycles. The Bertz CT molecular complexity index is 551. The van der Waals surface area contributed by atoms with E-state index in [-0.39, 0.29) is 5.82 Å². The summed E-state index contributed by atoms with van der Waals surface area (Å²) in [5.74, 6) is -0.183. The van der Waals surface area contributed by atoms with Crippen LogP contribution in [0.4, 0.5) is 4.39 Å². The second-order valence-corrected chi connectivity index (χ2v) is 5.35. The molecular formula is C18H23FN2. The van der Waals surface area contributed by atoms with Crippen molar-refractivity contribution < 1.29 is 4.39 Å². The van der Waals surface area contributed by atoms with Crippen LogP contribution in [0.15, 0.2) is 48.5 Å². The summed E-state index contributed by atoms with van der Waals surface area (Å²) in [5.41, 5.74) is 3.80. The fourth-order valence-electron chi connectivity index (χ4n) is 2.39. The maximum Gasteiger partial charge on any atom is 0.123 e. The normalized spacial score (nSPS) is 11.0. The van der Waals surface area contributed by atoms with Crippen LogP contribution in [0.3, 0.4) is 0 Å². The maximum absolute atomic E-state index is 12.9. The summed E-state index contributed by atoms with van der Waals surface area (Å²) < 4.78 is 12.9. The van der Waals surface area contributed by atoms with Gasteiger partial charge in [0.2, 0.25) is 0 Å². The molecule has 2 rings (SSSR count). The third-order valence-corrected chi connectivity index (χ3v) is 3.49. The van der Waals surface area contributed by atoms with Crippen molar-refractivity contribution in [2.24, 2.45) is 0 Å². The van der Waals surface area contributed by atoms with Crippen LogP contribution in [0, 0.1) is 5.82 Å². The zero-order chi connectivity index (χ0) is 15.1. The molecule has 0 unspecified atom stereocenters. The van der Waals surface area contributed by atoms with E-state index in [0.717, 1.165) is 31.7 Å². The van der Waals surface area contributed by atoms with Crippen molar-refractivity contribution in [3.05, 3.63) is 71.0 Å². The van der Waals surface area contributed by atoms with Crippen LogP contribution in [0.1, 0.15) is 23.6 Å². The molecule has 0 aliphatic rings. The highest BCUT2D eigenvalue weighted by molar-refractivity contribution is 5.27. The number of hydrogen-bond donors (Lipinski definition) is 1. The van der Waals surface area contributed by atoms with E-state index >= 15 is 0 Å². The lowest BCUT2D eigenvalue weighted by atomic mass is 10.1. The molecule has 0 spiro atoms. The molecule has 0 aromatic heterocycles. The summed E-state index contributed by atoms with van der Waals surface area (Å²) >= 11 is 0. The smallest absolute Gasteiger partial charge is 0.123 e. The summed E-state index contributed by atoms with van der Waals surface area (Å²) in [4.78, 5) is 2.25. The lowest BCUT2D eigenvalue weighted by Gasteiger charge is -2.19. The summed E-state index contributed by atoms with van der Waals surface area (Å²) in [5, 5.41) is 3.37. The maximum atomic E-state index is 12.9. The number of hydrogen-bond acceptors (Lipinski definition) is 2. The van der Waals surface area contributed by atoms with Crippen LogP contribution >= 0.6 is 0 Å². The Kier molecular flexibility index (Phi) is 5.90. The van der Waals surface area contributed by atoms with Crippen LogP contribution in [0.2, 0.25) is 0 Å². The summed E-state index contributed by atoms with van der Waals surface area (Å²) in [7, 11) is 2.09. The van der Waals surface area contributed by atoms with Gasteiger partial charge in [0.05, 0.1) is 0 Å². The Balaban J connectivity index is 1.98. The second-order valence-electron chi connectivity index (χ2n) is 5.35. The quantitative estimate of drug-likeness (QED) is 0.837. The van der Waals surface area contributed by atoms with Gasteiger partial charge >= 0.3 is 0 Å². The van der Waals surface area contributed by atoms with Crippen molar-refractivity contribution in [2.75, 3.05) is 13.6 Å². The summed E-state index contributed by atoms with van der Waals surface area (Å²) in [6, 6.07) is 15.2. The molecule has 0 fully saturated rings. The van der Waals surface area contributed by atoms with Crippen LogP contribution in [-0.4, -0.2) is 18.5 Å². The van der Waals surface area contributed by atoms with Crippen molar-refractivity contribution in [3.8, 4) is 0 Å². The molecule has 21 heavy (non-hydrogen) atoms. The molecule has 112 valence electrons. The van der Waals surface area contributed by atoms with E-state index in [9.17, 15) is 4.39 Å². The molecule has 0 aliphatic heterocycles. The molecule has 0 saturated carbocycles. The zero-order valence-corrected chi connectivity index (χ0v) is 12.8. The van der Waals surface area contributed by atoms with E-state index in [0.29, 0.717) is 0 Å².